The van der Waals surface area contributed by atoms with Gasteiger partial charge in [0.2, 0.25) is 23.2 Å². The van der Waals surface area contributed by atoms with Crippen molar-refractivity contribution in [1.82, 2.24) is 24.6 Å². The summed E-state index contributed by atoms with van der Waals surface area (Å²) in [6, 6.07) is 0.542. The Morgan fingerprint density at radius 1 is 1.39 bits per heavy atom. The molecular formula is C18H21N10O5S3+. The first-order chi connectivity index (χ1) is 17.1. The summed E-state index contributed by atoms with van der Waals surface area (Å²) < 4.78 is 5.57. The van der Waals surface area contributed by atoms with Gasteiger partial charge in [0.25, 0.3) is 11.8 Å². The molecule has 1 fully saturated rings. The quantitative estimate of drug-likeness (QED) is 0.0619. The number of carboxylic acids is 1. The summed E-state index contributed by atoms with van der Waals surface area (Å²) in [6.07, 6.45) is 0. The van der Waals surface area contributed by atoms with Crippen molar-refractivity contribution in [3.8, 4) is 0 Å². The Balaban J connectivity index is 1.51. The average Bonchev–Trinajstić information content (AvgIpc) is 3.26. The number of β-lactam (4-membered cyclic amide) rings is 1. The van der Waals surface area contributed by atoms with E-state index in [0.717, 1.165) is 11.5 Å². The zero-order valence-corrected chi connectivity index (χ0v) is 21.3. The molecule has 0 saturated carbocycles. The van der Waals surface area contributed by atoms with E-state index in [2.05, 4.69) is 24.8 Å². The summed E-state index contributed by atoms with van der Waals surface area (Å²) in [5.41, 5.74) is 17.4. The minimum atomic E-state index is -1.25. The number of fused-ring (bicyclic) bond motifs is 1. The molecule has 0 aliphatic carbocycles. The lowest BCUT2D eigenvalue weighted by Crippen LogP contribution is -2.71. The molecule has 2 aromatic heterocycles. The van der Waals surface area contributed by atoms with Crippen molar-refractivity contribution >= 4 is 75.3 Å². The number of rotatable bonds is 8. The normalized spacial score (nSPS) is 19.6. The highest BCUT2D eigenvalue weighted by atomic mass is 32.2. The van der Waals surface area contributed by atoms with Crippen LogP contribution in [0.15, 0.2) is 27.6 Å². The lowest BCUT2D eigenvalue weighted by atomic mass is 10.0. The molecule has 0 aromatic carbocycles. The van der Waals surface area contributed by atoms with Crippen molar-refractivity contribution < 1.29 is 28.9 Å². The van der Waals surface area contributed by atoms with E-state index in [4.69, 9.17) is 22.0 Å². The van der Waals surface area contributed by atoms with Gasteiger partial charge in [-0.15, -0.1) is 11.8 Å². The van der Waals surface area contributed by atoms with E-state index in [1.165, 1.54) is 41.6 Å². The van der Waals surface area contributed by atoms with E-state index in [1.807, 2.05) is 0 Å². The highest BCUT2D eigenvalue weighted by molar-refractivity contribution is 8.01. The summed E-state index contributed by atoms with van der Waals surface area (Å²) in [7, 11) is 2.96. The van der Waals surface area contributed by atoms with Crippen LogP contribution in [0.4, 0.5) is 16.8 Å². The molecule has 2 amide bonds. The molecule has 190 valence electrons. The van der Waals surface area contributed by atoms with Gasteiger partial charge in [-0.25, -0.2) is 9.36 Å². The second-order valence-corrected chi connectivity index (χ2v) is 10.3. The monoisotopic (exact) mass is 553 g/mol. The van der Waals surface area contributed by atoms with Gasteiger partial charge in [-0.05, 0) is 17.3 Å². The van der Waals surface area contributed by atoms with Gasteiger partial charge in [-0.1, -0.05) is 10.1 Å². The second-order valence-electron chi connectivity index (χ2n) is 7.43. The molecule has 2 aromatic rings. The van der Waals surface area contributed by atoms with Crippen molar-refractivity contribution in [2.45, 2.75) is 16.6 Å². The number of oxime groups is 1. The third kappa shape index (κ3) is 4.73. The smallest absolute Gasteiger partial charge is 0.352 e. The van der Waals surface area contributed by atoms with Crippen molar-refractivity contribution in [3.63, 3.8) is 0 Å². The van der Waals surface area contributed by atoms with Gasteiger partial charge < -0.3 is 32.5 Å². The van der Waals surface area contributed by atoms with Gasteiger partial charge in [0.1, 0.15) is 24.2 Å². The van der Waals surface area contributed by atoms with Crippen molar-refractivity contribution in [2.75, 3.05) is 35.8 Å². The Hall–Kier alpha value is -3.64. The molecular weight excluding hydrogens is 532 g/mol. The van der Waals surface area contributed by atoms with E-state index in [9.17, 15) is 19.5 Å². The van der Waals surface area contributed by atoms with Crippen LogP contribution >= 0.6 is 35.1 Å². The second kappa shape index (κ2) is 10.2. The lowest BCUT2D eigenvalue weighted by molar-refractivity contribution is -0.698. The molecule has 0 radical (unpaired) electrons. The maximum atomic E-state index is 13.0. The molecule has 1 saturated heterocycles. The molecule has 4 rings (SSSR count). The minimum absolute atomic E-state index is 0.0498. The summed E-state index contributed by atoms with van der Waals surface area (Å²) in [5, 5.41) is 16.1. The number of hydrogen-bond donors (Lipinski definition) is 5. The van der Waals surface area contributed by atoms with E-state index in [0.29, 0.717) is 22.3 Å². The number of hydrogen-bond acceptors (Lipinski definition) is 14. The number of carbonyl (C=O) groups excluding carboxylic acids is 2. The van der Waals surface area contributed by atoms with Crippen molar-refractivity contribution in [2.24, 2.45) is 12.2 Å². The first kappa shape index (κ1) is 25.5. The molecule has 2 aliphatic heterocycles. The van der Waals surface area contributed by atoms with E-state index in [1.54, 1.807) is 11.6 Å². The van der Waals surface area contributed by atoms with Gasteiger partial charge in [0.05, 0.1) is 13.1 Å². The van der Waals surface area contributed by atoms with Crippen LogP contribution in [0.5, 0.6) is 0 Å². The number of aliphatic carboxylic acids is 1. The Bertz CT molecular complexity index is 1310. The summed E-state index contributed by atoms with van der Waals surface area (Å²) >= 11 is 3.44. The van der Waals surface area contributed by atoms with Gasteiger partial charge in [-0.3, -0.25) is 14.5 Å². The Kier molecular flexibility index (Phi) is 7.18. The van der Waals surface area contributed by atoms with Crippen LogP contribution in [-0.4, -0.2) is 77.9 Å². The largest absolute Gasteiger partial charge is 0.477 e. The van der Waals surface area contributed by atoms with Gasteiger partial charge in [-0.2, -0.15) is 9.36 Å². The highest BCUT2D eigenvalue weighted by Gasteiger charge is 2.54. The molecule has 15 nitrogen and oxygen atoms in total. The molecule has 4 heterocycles. The van der Waals surface area contributed by atoms with Crippen LogP contribution in [0.3, 0.4) is 0 Å². The maximum absolute atomic E-state index is 13.0. The Morgan fingerprint density at radius 2 is 2.14 bits per heavy atom. The van der Waals surface area contributed by atoms with Crippen LogP contribution in [0.1, 0.15) is 5.82 Å². The third-order valence-electron chi connectivity index (χ3n) is 5.16. The molecule has 8 N–H and O–H groups in total. The molecule has 1 unspecified atom stereocenters. The number of nitrogens with zero attached hydrogens (tertiary/aromatic N) is 6. The maximum Gasteiger partial charge on any atom is 0.352 e. The number of nitrogens with one attached hydrogen (secondary N) is 1. The van der Waals surface area contributed by atoms with Gasteiger partial charge in [0.15, 0.2) is 5.13 Å². The number of nitrogen functional groups attached to an aromatic ring is 3. The summed E-state index contributed by atoms with van der Waals surface area (Å²) in [5.74, 6) is -1.42. The number of carboxylic acid groups (broad SMARTS) is 1. The fourth-order valence-corrected chi connectivity index (χ4v) is 6.39. The molecule has 36 heavy (non-hydrogen) atoms. The zero-order valence-electron chi connectivity index (χ0n) is 18.9. The topological polar surface area (TPSA) is 229 Å². The average molecular weight is 554 g/mol. The van der Waals surface area contributed by atoms with E-state index >= 15 is 0 Å². The SMILES string of the molecule is CO/N=C(\C(=O)NC1C(=O)N2C(C(=O)O)=C(CSc3nc(N)cc(N)[n+]3C)CS[C@H]12)c1nsc(N)n1. The number of anilines is 3. The lowest BCUT2D eigenvalue weighted by Gasteiger charge is -2.49. The predicted octanol–water partition coefficient (Wildman–Crippen LogP) is -1.61. The summed E-state index contributed by atoms with van der Waals surface area (Å²) in [4.78, 5) is 51.9. The van der Waals surface area contributed by atoms with Gasteiger partial charge >= 0.3 is 11.1 Å². The molecule has 18 heteroatoms. The molecule has 0 spiro atoms. The Labute approximate surface area is 216 Å². The fraction of sp³-hybridized carbons (Fsp3) is 0.333. The third-order valence-corrected chi connectivity index (χ3v) is 8.16. The first-order valence-corrected chi connectivity index (χ1v) is 12.9. The van der Waals surface area contributed by atoms with Crippen LogP contribution in [0, 0.1) is 0 Å². The Morgan fingerprint density at radius 3 is 2.78 bits per heavy atom. The predicted molar refractivity (Wildman–Crippen MR) is 133 cm³/mol. The highest BCUT2D eigenvalue weighted by Crippen LogP contribution is 2.41. The minimum Gasteiger partial charge on any atom is -0.477 e. The number of amides is 2. The van der Waals surface area contributed by atoms with Crippen LogP contribution in [0.25, 0.3) is 0 Å². The van der Waals surface area contributed by atoms with Crippen molar-refractivity contribution in [1.29, 1.82) is 0 Å². The van der Waals surface area contributed by atoms with E-state index in [-0.39, 0.29) is 33.9 Å². The fourth-order valence-electron chi connectivity index (χ4n) is 3.47. The number of aromatic nitrogens is 4. The molecule has 0 bridgehead atoms. The zero-order chi connectivity index (χ0) is 26.1. The van der Waals surface area contributed by atoms with Crippen LogP contribution < -0.4 is 27.1 Å². The van der Waals surface area contributed by atoms with E-state index < -0.39 is 29.2 Å². The standard InChI is InChI=1S/C18H20N10O5S3/c1-27-8(20)3-7(19)22-18(27)35-5-6-4-34-15-10(14(30)28(15)11(6)16(31)32)23-13(29)9(25-33-2)12-24-17(21)36-26-12/h3,10,15H,4-5H2,1-2H3,(H7,19,20,21,23,24,26,29,31,32)/p+1/b25-9-/t10?,15-/m1/s1. The molecule has 2 atom stereocenters. The number of nitrogens with two attached hydrogens (primary N) is 3. The van der Waals surface area contributed by atoms with Crippen molar-refractivity contribution in [3.05, 3.63) is 23.2 Å². The van der Waals surface area contributed by atoms with Gasteiger partial charge in [0, 0.05) is 23.0 Å². The first-order valence-electron chi connectivity index (χ1n) is 10.1. The van der Waals surface area contributed by atoms with Crippen LogP contribution in [-0.2, 0) is 26.3 Å². The summed E-state index contributed by atoms with van der Waals surface area (Å²) in [6.45, 7) is 0. The number of carbonyl (C=O) groups is 3. The number of thioether (sulfide) groups is 2. The van der Waals surface area contributed by atoms with Crippen LogP contribution in [0.2, 0.25) is 0 Å². The molecule has 2 aliphatic rings.